The van der Waals surface area contributed by atoms with Gasteiger partial charge in [0.2, 0.25) is 5.95 Å². The normalized spacial score (nSPS) is 24.8. The van der Waals surface area contributed by atoms with Crippen LogP contribution in [0.3, 0.4) is 0 Å². The first kappa shape index (κ1) is 33.9. The summed E-state index contributed by atoms with van der Waals surface area (Å²) in [5.41, 5.74) is 2.82. The van der Waals surface area contributed by atoms with Crippen LogP contribution < -0.4 is 14.8 Å². The number of rotatable bonds is 12. The molecule has 50 heavy (non-hydrogen) atoms. The van der Waals surface area contributed by atoms with Crippen LogP contribution >= 0.6 is 0 Å². The molecule has 3 fully saturated rings. The molecule has 2 saturated heterocycles. The molecule has 1 saturated carbocycles. The lowest BCUT2D eigenvalue weighted by Crippen LogP contribution is -2.51. The van der Waals surface area contributed by atoms with E-state index >= 15 is 0 Å². The molecule has 2 aliphatic heterocycles. The van der Waals surface area contributed by atoms with Crippen molar-refractivity contribution in [1.29, 1.82) is 5.26 Å². The van der Waals surface area contributed by atoms with Gasteiger partial charge in [-0.25, -0.2) is 19.6 Å². The van der Waals surface area contributed by atoms with Gasteiger partial charge in [0.1, 0.15) is 36.3 Å². The zero-order valence-electron chi connectivity index (χ0n) is 29.0. The van der Waals surface area contributed by atoms with E-state index in [0.717, 1.165) is 68.6 Å². The topological polar surface area (TPSA) is 150 Å². The minimum absolute atomic E-state index is 0.229. The average Bonchev–Trinajstić information content (AvgIpc) is 3.91. The first-order valence-electron chi connectivity index (χ1n) is 17.7. The second-order valence-electron chi connectivity index (χ2n) is 13.8. The smallest absolute Gasteiger partial charge is 0.256 e. The van der Waals surface area contributed by atoms with E-state index < -0.39 is 0 Å². The fourth-order valence-electron chi connectivity index (χ4n) is 7.27. The summed E-state index contributed by atoms with van der Waals surface area (Å²) in [5, 5.41) is 22.1. The SMILES string of the molecule is C[C@@H]1CN([C@H]2CC[C@H](n3cc(Nc4ncc(-c5ccc(C#N)c(O[C@@H](C)Cn6cncn6)c5)cn4)c(OC[C@H]4CCOC4)n3)CC2)C[C@H](C)O1. The van der Waals surface area contributed by atoms with Gasteiger partial charge in [-0.1, -0.05) is 6.07 Å². The largest absolute Gasteiger partial charge is 0.487 e. The highest BCUT2D eigenvalue weighted by molar-refractivity contribution is 5.67. The summed E-state index contributed by atoms with van der Waals surface area (Å²) in [6.07, 6.45) is 14.4. The Bertz CT molecular complexity index is 1720. The van der Waals surface area contributed by atoms with Crippen LogP contribution in [0.5, 0.6) is 11.6 Å². The van der Waals surface area contributed by atoms with Gasteiger partial charge in [-0.15, -0.1) is 5.10 Å². The molecule has 0 radical (unpaired) electrons. The molecule has 264 valence electrons. The molecular weight excluding hydrogens is 636 g/mol. The van der Waals surface area contributed by atoms with Crippen molar-refractivity contribution in [3.8, 4) is 28.8 Å². The highest BCUT2D eigenvalue weighted by Gasteiger charge is 2.32. The van der Waals surface area contributed by atoms with Crippen molar-refractivity contribution in [2.45, 2.75) is 89.8 Å². The van der Waals surface area contributed by atoms with E-state index in [-0.39, 0.29) is 18.3 Å². The van der Waals surface area contributed by atoms with Crippen LogP contribution in [0.4, 0.5) is 11.6 Å². The van der Waals surface area contributed by atoms with Crippen LogP contribution in [0.15, 0.2) is 49.4 Å². The Morgan fingerprint density at radius 2 is 1.82 bits per heavy atom. The van der Waals surface area contributed by atoms with Crippen molar-refractivity contribution < 1.29 is 18.9 Å². The molecule has 14 nitrogen and oxygen atoms in total. The van der Waals surface area contributed by atoms with E-state index in [1.165, 1.54) is 6.33 Å². The van der Waals surface area contributed by atoms with Crippen LogP contribution in [0.25, 0.3) is 11.1 Å². The van der Waals surface area contributed by atoms with Gasteiger partial charge in [-0.3, -0.25) is 9.58 Å². The Morgan fingerprint density at radius 1 is 1.04 bits per heavy atom. The van der Waals surface area contributed by atoms with E-state index in [9.17, 15) is 5.26 Å². The monoisotopic (exact) mass is 682 g/mol. The number of benzene rings is 1. The zero-order valence-corrected chi connectivity index (χ0v) is 29.0. The molecule has 4 atom stereocenters. The van der Waals surface area contributed by atoms with Gasteiger partial charge in [0, 0.05) is 49.6 Å². The lowest BCUT2D eigenvalue weighted by Gasteiger charge is -2.42. The van der Waals surface area contributed by atoms with Crippen molar-refractivity contribution in [3.63, 3.8) is 0 Å². The van der Waals surface area contributed by atoms with Gasteiger partial charge in [0.25, 0.3) is 5.88 Å². The number of morpholine rings is 1. The summed E-state index contributed by atoms with van der Waals surface area (Å²) in [6.45, 7) is 10.8. The molecule has 14 heteroatoms. The predicted octanol–water partition coefficient (Wildman–Crippen LogP) is 5.02. The van der Waals surface area contributed by atoms with Crippen LogP contribution in [0.1, 0.15) is 64.5 Å². The first-order chi connectivity index (χ1) is 24.4. The lowest BCUT2D eigenvalue weighted by atomic mass is 9.89. The lowest BCUT2D eigenvalue weighted by molar-refractivity contribution is -0.0852. The van der Waals surface area contributed by atoms with Crippen LogP contribution in [0.2, 0.25) is 0 Å². The Kier molecular flexibility index (Phi) is 10.5. The van der Waals surface area contributed by atoms with Crippen molar-refractivity contribution in [3.05, 3.63) is 55.0 Å². The van der Waals surface area contributed by atoms with Gasteiger partial charge in [0.15, 0.2) is 0 Å². The maximum Gasteiger partial charge on any atom is 0.256 e. The fraction of sp³-hybridized carbons (Fsp3) is 0.556. The third kappa shape index (κ3) is 8.23. The third-order valence-corrected chi connectivity index (χ3v) is 9.76. The van der Waals surface area contributed by atoms with Gasteiger partial charge in [-0.05, 0) is 70.6 Å². The van der Waals surface area contributed by atoms with E-state index in [1.54, 1.807) is 29.5 Å². The quantitative estimate of drug-likeness (QED) is 0.214. The Morgan fingerprint density at radius 3 is 2.52 bits per heavy atom. The molecule has 0 spiro atoms. The molecule has 5 heterocycles. The summed E-state index contributed by atoms with van der Waals surface area (Å²) < 4.78 is 27.8. The number of nitriles is 1. The summed E-state index contributed by atoms with van der Waals surface area (Å²) in [7, 11) is 0. The summed E-state index contributed by atoms with van der Waals surface area (Å²) in [6, 6.07) is 8.57. The minimum atomic E-state index is -0.229. The number of ether oxygens (including phenoxy) is 4. The van der Waals surface area contributed by atoms with Crippen molar-refractivity contribution in [2.24, 2.45) is 5.92 Å². The second kappa shape index (κ2) is 15.5. The molecule has 0 bridgehead atoms. The number of nitrogens with zero attached hydrogens (tertiary/aromatic N) is 9. The number of aromatic nitrogens is 7. The van der Waals surface area contributed by atoms with Crippen LogP contribution in [-0.2, 0) is 16.0 Å². The van der Waals surface area contributed by atoms with E-state index in [0.29, 0.717) is 60.9 Å². The van der Waals surface area contributed by atoms with Crippen LogP contribution in [-0.4, -0.2) is 96.7 Å². The van der Waals surface area contributed by atoms with E-state index in [1.807, 2.05) is 25.3 Å². The Hall–Kier alpha value is -4.58. The maximum atomic E-state index is 9.70. The first-order valence-corrected chi connectivity index (χ1v) is 17.7. The summed E-state index contributed by atoms with van der Waals surface area (Å²) >= 11 is 0. The standard InChI is InChI=1S/C36H46N10O4/c1-24-16-44(17-25(2)49-24)31-6-8-32(9-7-31)46-19-33(35(43-46)48-21-27-10-11-47-20-27)42-36-39-14-30(15-40-36)28-4-5-29(13-37)34(12-28)50-26(3)18-45-23-38-22-41-45/h4-5,12,14-15,19,22-27,31-32H,6-11,16-18,20-21H2,1-3H3,(H,39,40,42)/t24-,25+,26-,27-,31-,32-/m0/s1. The van der Waals surface area contributed by atoms with Crippen molar-refractivity contribution >= 4 is 11.6 Å². The maximum absolute atomic E-state index is 9.70. The van der Waals surface area contributed by atoms with E-state index in [2.05, 4.69) is 54.9 Å². The summed E-state index contributed by atoms with van der Waals surface area (Å²) in [5.74, 6) is 1.83. The molecule has 1 N–H and O–H groups in total. The number of anilines is 2. The molecule has 1 aromatic carbocycles. The summed E-state index contributed by atoms with van der Waals surface area (Å²) in [4.78, 5) is 15.9. The van der Waals surface area contributed by atoms with Crippen LogP contribution in [0, 0.1) is 17.2 Å². The fourth-order valence-corrected chi connectivity index (χ4v) is 7.27. The van der Waals surface area contributed by atoms with Crippen molar-refractivity contribution in [1.82, 2.24) is 39.4 Å². The number of nitrogens with one attached hydrogen (secondary N) is 1. The molecule has 0 unspecified atom stereocenters. The van der Waals surface area contributed by atoms with Gasteiger partial charge in [-0.2, -0.15) is 10.4 Å². The number of hydrogen-bond donors (Lipinski definition) is 1. The Balaban J connectivity index is 1.03. The number of hydrogen-bond acceptors (Lipinski definition) is 12. The average molecular weight is 683 g/mol. The highest BCUT2D eigenvalue weighted by Crippen LogP contribution is 2.36. The van der Waals surface area contributed by atoms with Crippen molar-refractivity contribution in [2.75, 3.05) is 38.2 Å². The second-order valence-corrected chi connectivity index (χ2v) is 13.8. The molecular formula is C36H46N10O4. The third-order valence-electron chi connectivity index (χ3n) is 9.76. The molecule has 3 aliphatic rings. The van der Waals surface area contributed by atoms with E-state index in [4.69, 9.17) is 24.0 Å². The molecule has 7 rings (SSSR count). The van der Waals surface area contributed by atoms with Gasteiger partial charge >= 0.3 is 0 Å². The zero-order chi connectivity index (χ0) is 34.5. The van der Waals surface area contributed by atoms with Gasteiger partial charge < -0.3 is 24.3 Å². The highest BCUT2D eigenvalue weighted by atomic mass is 16.5. The predicted molar refractivity (Wildman–Crippen MR) is 185 cm³/mol. The Labute approximate surface area is 292 Å². The molecule has 1 aliphatic carbocycles. The molecule has 3 aromatic heterocycles. The minimum Gasteiger partial charge on any atom is -0.487 e. The molecule has 4 aromatic rings. The molecule has 0 amide bonds. The van der Waals surface area contributed by atoms with Gasteiger partial charge in [0.05, 0.1) is 49.8 Å².